The number of aromatic nitrogens is 4. The molecule has 0 aliphatic carbocycles. The molecule has 168 valence electrons. The summed E-state index contributed by atoms with van der Waals surface area (Å²) in [6.45, 7) is 0.724. The standard InChI is InChI=1S/C21H15F3N6O2S/c22-21(23,24)12-5-13(7-26-6-12)28-19(31)15-11-33-17-10-29(3-1-14(15)17)20(32)16-8-27-18-9-25-2-4-30(16)18/h2,4-9,11H,1,3,10H2,(H,28,31). The van der Waals surface area contributed by atoms with E-state index in [1.165, 1.54) is 17.5 Å². The minimum absolute atomic E-state index is 0.0375. The van der Waals surface area contributed by atoms with E-state index in [2.05, 4.69) is 20.3 Å². The maximum atomic E-state index is 13.1. The van der Waals surface area contributed by atoms with Crippen LogP contribution in [-0.4, -0.2) is 42.6 Å². The van der Waals surface area contributed by atoms with Crippen LogP contribution in [0.25, 0.3) is 5.65 Å². The van der Waals surface area contributed by atoms with Gasteiger partial charge in [-0.2, -0.15) is 13.2 Å². The molecule has 5 heterocycles. The number of hydrogen-bond donors (Lipinski definition) is 1. The number of amides is 2. The van der Waals surface area contributed by atoms with Crippen LogP contribution in [0.1, 0.15) is 36.9 Å². The molecule has 0 spiro atoms. The van der Waals surface area contributed by atoms with Crippen LogP contribution in [0, 0.1) is 0 Å². The van der Waals surface area contributed by atoms with Gasteiger partial charge in [0.15, 0.2) is 5.65 Å². The van der Waals surface area contributed by atoms with Crippen molar-refractivity contribution in [2.24, 2.45) is 0 Å². The Morgan fingerprint density at radius 3 is 2.79 bits per heavy atom. The largest absolute Gasteiger partial charge is 0.417 e. The third-order valence-corrected chi connectivity index (χ3v) is 6.35. The summed E-state index contributed by atoms with van der Waals surface area (Å²) in [6, 6.07) is 0.843. The molecule has 0 aromatic carbocycles. The van der Waals surface area contributed by atoms with E-state index in [0.717, 1.165) is 22.7 Å². The minimum atomic E-state index is -4.55. The number of nitrogens with zero attached hydrogens (tertiary/aromatic N) is 5. The highest BCUT2D eigenvalue weighted by atomic mass is 32.1. The molecular weight excluding hydrogens is 457 g/mol. The molecule has 4 aromatic rings. The Kier molecular flexibility index (Phi) is 5.08. The van der Waals surface area contributed by atoms with Crippen molar-refractivity contribution < 1.29 is 22.8 Å². The molecule has 0 bridgehead atoms. The lowest BCUT2D eigenvalue weighted by Crippen LogP contribution is -2.36. The van der Waals surface area contributed by atoms with Crippen LogP contribution in [0.2, 0.25) is 0 Å². The molecular formula is C21H15F3N6O2S. The predicted molar refractivity (Wildman–Crippen MR) is 113 cm³/mol. The first-order chi connectivity index (χ1) is 15.8. The van der Waals surface area contributed by atoms with Crippen molar-refractivity contribution >= 4 is 34.5 Å². The molecule has 0 fully saturated rings. The second-order valence-corrected chi connectivity index (χ2v) is 8.35. The van der Waals surface area contributed by atoms with Crippen molar-refractivity contribution in [3.63, 3.8) is 0 Å². The summed E-state index contributed by atoms with van der Waals surface area (Å²) in [7, 11) is 0. The van der Waals surface area contributed by atoms with Crippen molar-refractivity contribution in [3.8, 4) is 0 Å². The summed E-state index contributed by atoms with van der Waals surface area (Å²) < 4.78 is 40.4. The summed E-state index contributed by atoms with van der Waals surface area (Å²) >= 11 is 1.34. The number of rotatable bonds is 3. The summed E-state index contributed by atoms with van der Waals surface area (Å²) in [5.41, 5.74) is 1.19. The maximum absolute atomic E-state index is 13.1. The third kappa shape index (κ3) is 3.93. The molecule has 1 N–H and O–H groups in total. The monoisotopic (exact) mass is 472 g/mol. The molecule has 12 heteroatoms. The molecule has 0 saturated carbocycles. The normalized spacial score (nSPS) is 13.7. The van der Waals surface area contributed by atoms with Crippen molar-refractivity contribution in [3.05, 3.63) is 75.9 Å². The van der Waals surface area contributed by atoms with Crippen LogP contribution in [0.3, 0.4) is 0 Å². The van der Waals surface area contributed by atoms with E-state index in [9.17, 15) is 22.8 Å². The number of anilines is 1. The Morgan fingerprint density at radius 2 is 1.97 bits per heavy atom. The van der Waals surface area contributed by atoms with Crippen molar-refractivity contribution in [1.82, 2.24) is 24.3 Å². The average molecular weight is 472 g/mol. The van der Waals surface area contributed by atoms with Crippen molar-refractivity contribution in [2.75, 3.05) is 11.9 Å². The van der Waals surface area contributed by atoms with E-state index >= 15 is 0 Å². The van der Waals surface area contributed by atoms with Gasteiger partial charge in [0.05, 0.1) is 41.9 Å². The second-order valence-electron chi connectivity index (χ2n) is 7.39. The van der Waals surface area contributed by atoms with Gasteiger partial charge in [-0.3, -0.25) is 24.0 Å². The molecule has 1 aliphatic heterocycles. The van der Waals surface area contributed by atoms with Crippen LogP contribution in [0.5, 0.6) is 0 Å². The van der Waals surface area contributed by atoms with E-state index in [-0.39, 0.29) is 11.6 Å². The van der Waals surface area contributed by atoms with Crippen LogP contribution in [0.4, 0.5) is 18.9 Å². The number of carbonyl (C=O) groups is 2. The highest BCUT2D eigenvalue weighted by molar-refractivity contribution is 7.10. The van der Waals surface area contributed by atoms with E-state index < -0.39 is 17.6 Å². The number of imidazole rings is 1. The Morgan fingerprint density at radius 1 is 1.12 bits per heavy atom. The minimum Gasteiger partial charge on any atom is -0.332 e. The zero-order valence-electron chi connectivity index (χ0n) is 16.8. The Bertz CT molecular complexity index is 1380. The van der Waals surface area contributed by atoms with Gasteiger partial charge < -0.3 is 10.2 Å². The summed E-state index contributed by atoms with van der Waals surface area (Å²) in [5.74, 6) is -0.698. The summed E-state index contributed by atoms with van der Waals surface area (Å²) in [6.07, 6.45) is 4.08. The second kappa shape index (κ2) is 7.96. The fourth-order valence-electron chi connectivity index (χ4n) is 3.72. The van der Waals surface area contributed by atoms with Crippen molar-refractivity contribution in [1.29, 1.82) is 0 Å². The molecule has 0 radical (unpaired) electrons. The lowest BCUT2D eigenvalue weighted by molar-refractivity contribution is -0.137. The SMILES string of the molecule is O=C(Nc1cncc(C(F)(F)F)c1)c1csc2c1CCN(C(=O)c1cnc3cnccn13)C2. The molecule has 33 heavy (non-hydrogen) atoms. The Balaban J connectivity index is 1.33. The molecule has 5 rings (SSSR count). The van der Waals surface area contributed by atoms with Gasteiger partial charge in [0.1, 0.15) is 5.69 Å². The summed E-state index contributed by atoms with van der Waals surface area (Å²) in [5, 5.41) is 4.15. The molecule has 0 unspecified atom stereocenters. The van der Waals surface area contributed by atoms with Crippen LogP contribution in [-0.2, 0) is 19.1 Å². The zero-order valence-corrected chi connectivity index (χ0v) is 17.7. The van der Waals surface area contributed by atoms with Gasteiger partial charge in [0, 0.05) is 35.4 Å². The van der Waals surface area contributed by atoms with Gasteiger partial charge >= 0.3 is 6.18 Å². The predicted octanol–water partition coefficient (Wildman–Crippen LogP) is 3.66. The first-order valence-corrected chi connectivity index (χ1v) is 10.7. The average Bonchev–Trinajstić information content (AvgIpc) is 3.42. The smallest absolute Gasteiger partial charge is 0.332 e. The number of thiophene rings is 1. The molecule has 0 atom stereocenters. The molecule has 2 amide bonds. The number of carbonyl (C=O) groups excluding carboxylic acids is 2. The van der Waals surface area contributed by atoms with E-state index in [1.807, 2.05) is 0 Å². The van der Waals surface area contributed by atoms with E-state index in [1.54, 1.807) is 33.3 Å². The molecule has 4 aromatic heterocycles. The van der Waals surface area contributed by atoms with Gasteiger partial charge in [-0.1, -0.05) is 0 Å². The number of pyridine rings is 1. The van der Waals surface area contributed by atoms with E-state index in [0.29, 0.717) is 42.6 Å². The van der Waals surface area contributed by atoms with Gasteiger partial charge in [-0.15, -0.1) is 11.3 Å². The first kappa shape index (κ1) is 21.1. The highest BCUT2D eigenvalue weighted by Gasteiger charge is 2.32. The molecule has 1 aliphatic rings. The summed E-state index contributed by atoms with van der Waals surface area (Å²) in [4.78, 5) is 40.1. The topological polar surface area (TPSA) is 92.5 Å². The van der Waals surface area contributed by atoms with Crippen LogP contribution >= 0.6 is 11.3 Å². The lowest BCUT2D eigenvalue weighted by Gasteiger charge is -2.27. The Labute approximate surface area is 188 Å². The van der Waals surface area contributed by atoms with E-state index in [4.69, 9.17) is 0 Å². The number of fused-ring (bicyclic) bond motifs is 2. The van der Waals surface area contributed by atoms with Gasteiger partial charge in [-0.05, 0) is 18.1 Å². The maximum Gasteiger partial charge on any atom is 0.417 e. The van der Waals surface area contributed by atoms with Crippen LogP contribution in [0.15, 0.2) is 48.6 Å². The number of alkyl halides is 3. The fraction of sp³-hybridized carbons (Fsp3) is 0.190. The first-order valence-electron chi connectivity index (χ1n) is 9.80. The highest BCUT2D eigenvalue weighted by Crippen LogP contribution is 2.32. The Hall–Kier alpha value is -3.80. The quantitative estimate of drug-likeness (QED) is 0.491. The fourth-order valence-corrected chi connectivity index (χ4v) is 4.81. The van der Waals surface area contributed by atoms with Gasteiger partial charge in [0.2, 0.25) is 0 Å². The van der Waals surface area contributed by atoms with Crippen LogP contribution < -0.4 is 5.32 Å². The number of hydrogen-bond acceptors (Lipinski definition) is 6. The lowest BCUT2D eigenvalue weighted by atomic mass is 10.0. The molecule has 8 nitrogen and oxygen atoms in total. The molecule has 0 saturated heterocycles. The number of halogens is 3. The van der Waals surface area contributed by atoms with Gasteiger partial charge in [-0.25, -0.2) is 4.98 Å². The zero-order chi connectivity index (χ0) is 23.2. The third-order valence-electron chi connectivity index (χ3n) is 5.34. The van der Waals surface area contributed by atoms with Gasteiger partial charge in [0.25, 0.3) is 11.8 Å². The van der Waals surface area contributed by atoms with Crippen molar-refractivity contribution in [2.45, 2.75) is 19.1 Å². The number of nitrogens with one attached hydrogen (secondary N) is 1.